The van der Waals surface area contributed by atoms with Crippen LogP contribution in [0.2, 0.25) is 0 Å². The van der Waals surface area contributed by atoms with Crippen LogP contribution in [0.25, 0.3) is 0 Å². The Morgan fingerprint density at radius 1 is 1.12 bits per heavy atom. The monoisotopic (exact) mass is 329 g/mol. The van der Waals surface area contributed by atoms with Gasteiger partial charge >= 0.3 is 0 Å². The van der Waals surface area contributed by atoms with Crippen LogP contribution in [-0.2, 0) is 0 Å². The molecule has 122 valence electrons. The Kier molecular flexibility index (Phi) is 3.74. The smallest absolute Gasteiger partial charge is 0.259 e. The van der Waals surface area contributed by atoms with E-state index < -0.39 is 5.82 Å². The molecule has 1 aliphatic carbocycles. The molecule has 0 aromatic heterocycles. The summed E-state index contributed by atoms with van der Waals surface area (Å²) >= 11 is 0. The topological polar surface area (TPSA) is 20.3 Å². The zero-order chi connectivity index (χ0) is 17.4. The van der Waals surface area contributed by atoms with Gasteiger partial charge in [-0.15, -0.1) is 6.42 Å². The maximum absolute atomic E-state index is 14.9. The molecule has 0 fully saturated rings. The Balaban J connectivity index is 1.92. The van der Waals surface area contributed by atoms with Gasteiger partial charge in [0, 0.05) is 5.56 Å². The molecule has 1 atom stereocenters. The lowest BCUT2D eigenvalue weighted by atomic mass is 9.93. The summed E-state index contributed by atoms with van der Waals surface area (Å²) in [5, 5.41) is 0. The van der Waals surface area contributed by atoms with E-state index in [9.17, 15) is 9.18 Å². The van der Waals surface area contributed by atoms with Gasteiger partial charge in [0.2, 0.25) is 0 Å². The number of carbonyl (C=O) groups excluding carboxylic acids is 1. The fourth-order valence-corrected chi connectivity index (χ4v) is 3.55. The summed E-state index contributed by atoms with van der Waals surface area (Å²) in [6.45, 7) is 0. The van der Waals surface area contributed by atoms with E-state index in [1.54, 1.807) is 24.3 Å². The van der Waals surface area contributed by atoms with Crippen LogP contribution in [0.4, 0.5) is 10.1 Å². The predicted molar refractivity (Wildman–Crippen MR) is 96.8 cm³/mol. The van der Waals surface area contributed by atoms with Crippen molar-refractivity contribution in [3.05, 3.63) is 88.8 Å². The van der Waals surface area contributed by atoms with Gasteiger partial charge in [0.25, 0.3) is 5.91 Å². The Hall–Kier alpha value is -3.12. The van der Waals surface area contributed by atoms with Crippen LogP contribution in [0, 0.1) is 18.2 Å². The molecule has 1 aliphatic heterocycles. The maximum atomic E-state index is 14.9. The largest absolute Gasteiger partial charge is 0.294 e. The first-order valence-electron chi connectivity index (χ1n) is 8.26. The zero-order valence-corrected chi connectivity index (χ0v) is 13.6. The lowest BCUT2D eigenvalue weighted by Gasteiger charge is -2.28. The van der Waals surface area contributed by atoms with Crippen molar-refractivity contribution in [2.45, 2.75) is 18.9 Å². The third-order valence-electron chi connectivity index (χ3n) is 4.70. The molecule has 2 nitrogen and oxygen atoms in total. The fraction of sp³-hybridized carbons (Fsp3) is 0.136. The number of carbonyl (C=O) groups is 1. The summed E-state index contributed by atoms with van der Waals surface area (Å²) in [5.74, 6) is 1.62. The van der Waals surface area contributed by atoms with Crippen molar-refractivity contribution >= 4 is 11.6 Å². The molecule has 1 amide bonds. The Morgan fingerprint density at radius 3 is 2.72 bits per heavy atom. The number of amides is 1. The highest BCUT2D eigenvalue weighted by Gasteiger charge is 2.40. The summed E-state index contributed by atoms with van der Waals surface area (Å²) in [4.78, 5) is 14.6. The minimum absolute atomic E-state index is 0.160. The quantitative estimate of drug-likeness (QED) is 0.726. The van der Waals surface area contributed by atoms with Gasteiger partial charge in [-0.2, -0.15) is 0 Å². The third-order valence-corrected chi connectivity index (χ3v) is 4.70. The van der Waals surface area contributed by atoms with Crippen LogP contribution >= 0.6 is 0 Å². The van der Waals surface area contributed by atoms with Crippen molar-refractivity contribution in [3.8, 4) is 12.3 Å². The second-order valence-electron chi connectivity index (χ2n) is 6.13. The molecule has 0 bridgehead atoms. The first-order chi connectivity index (χ1) is 12.2. The first-order valence-corrected chi connectivity index (χ1v) is 8.26. The molecule has 2 aliphatic rings. The van der Waals surface area contributed by atoms with E-state index in [2.05, 4.69) is 18.1 Å². The van der Waals surface area contributed by atoms with Crippen LogP contribution < -0.4 is 4.90 Å². The minimum Gasteiger partial charge on any atom is -0.294 e. The summed E-state index contributed by atoms with van der Waals surface area (Å²) in [6.07, 6.45) is 13.5. The molecule has 0 saturated carbocycles. The van der Waals surface area contributed by atoms with Crippen LogP contribution in [0.15, 0.2) is 66.3 Å². The summed E-state index contributed by atoms with van der Waals surface area (Å²) in [6, 6.07) is 12.0. The molecule has 0 radical (unpaired) electrons. The highest BCUT2D eigenvalue weighted by molar-refractivity contribution is 6.12. The molecule has 0 spiro atoms. The second kappa shape index (κ2) is 6.07. The highest BCUT2D eigenvalue weighted by Crippen LogP contribution is 2.43. The van der Waals surface area contributed by atoms with Crippen LogP contribution in [0.1, 0.15) is 40.4 Å². The average molecular weight is 329 g/mol. The molecular formula is C22H16FNO. The minimum atomic E-state index is -0.531. The van der Waals surface area contributed by atoms with E-state index in [-0.39, 0.29) is 23.2 Å². The molecule has 4 rings (SSSR count). The van der Waals surface area contributed by atoms with Crippen molar-refractivity contribution in [1.82, 2.24) is 0 Å². The highest BCUT2D eigenvalue weighted by atomic mass is 19.1. The predicted octanol–water partition coefficient (Wildman–Crippen LogP) is 4.78. The summed E-state index contributed by atoms with van der Waals surface area (Å²) < 4.78 is 14.9. The van der Waals surface area contributed by atoms with E-state index in [1.807, 2.05) is 24.3 Å². The van der Waals surface area contributed by atoms with Crippen molar-refractivity contribution in [1.29, 1.82) is 0 Å². The van der Waals surface area contributed by atoms with Crippen molar-refractivity contribution in [3.63, 3.8) is 0 Å². The number of halogens is 1. The van der Waals surface area contributed by atoms with Gasteiger partial charge in [-0.1, -0.05) is 48.4 Å². The molecule has 3 heteroatoms. The fourth-order valence-electron chi connectivity index (χ4n) is 3.55. The van der Waals surface area contributed by atoms with Crippen LogP contribution in [0.5, 0.6) is 0 Å². The second-order valence-corrected chi connectivity index (χ2v) is 6.13. The van der Waals surface area contributed by atoms with E-state index in [0.29, 0.717) is 5.56 Å². The average Bonchev–Trinajstić information content (AvgIpc) is 2.95. The van der Waals surface area contributed by atoms with Crippen LogP contribution in [0.3, 0.4) is 0 Å². The number of allylic oxidation sites excluding steroid dienone is 2. The first kappa shape index (κ1) is 15.4. The summed E-state index contributed by atoms with van der Waals surface area (Å²) in [5.41, 5.74) is 2.90. The Bertz CT molecular complexity index is 964. The SMILES string of the molecule is C#Cc1cccc(N2C(=O)c3ccccc3C2C2=CCCC=C2)c1F. The van der Waals surface area contributed by atoms with Gasteiger partial charge in [0.05, 0.1) is 17.3 Å². The Morgan fingerprint density at radius 2 is 1.96 bits per heavy atom. The molecular weight excluding hydrogens is 313 g/mol. The third kappa shape index (κ3) is 2.38. The summed E-state index contributed by atoms with van der Waals surface area (Å²) in [7, 11) is 0. The molecule has 25 heavy (non-hydrogen) atoms. The van der Waals surface area contributed by atoms with Gasteiger partial charge < -0.3 is 0 Å². The standard InChI is InChI=1S/C22H16FNO/c1-2-15-11-8-14-19(20(15)23)24-21(16-9-4-3-5-10-16)17-12-6-7-13-18(17)22(24)25/h1,4,6-14,21H,3,5H2. The van der Waals surface area contributed by atoms with E-state index in [4.69, 9.17) is 6.42 Å². The lowest BCUT2D eigenvalue weighted by Crippen LogP contribution is -2.30. The molecule has 2 aromatic carbocycles. The van der Waals surface area contributed by atoms with E-state index in [0.717, 1.165) is 24.0 Å². The van der Waals surface area contributed by atoms with E-state index in [1.165, 1.54) is 4.90 Å². The number of benzene rings is 2. The zero-order valence-electron chi connectivity index (χ0n) is 13.6. The van der Waals surface area contributed by atoms with Crippen LogP contribution in [-0.4, -0.2) is 5.91 Å². The molecule has 2 aromatic rings. The number of hydrogen-bond donors (Lipinski definition) is 0. The van der Waals surface area contributed by atoms with Gasteiger partial charge in [-0.3, -0.25) is 9.69 Å². The van der Waals surface area contributed by atoms with Crippen molar-refractivity contribution in [2.24, 2.45) is 0 Å². The van der Waals surface area contributed by atoms with Gasteiger partial charge in [-0.05, 0) is 42.2 Å². The van der Waals surface area contributed by atoms with Gasteiger partial charge in [-0.25, -0.2) is 4.39 Å². The maximum Gasteiger partial charge on any atom is 0.259 e. The lowest BCUT2D eigenvalue weighted by molar-refractivity contribution is 0.0992. The number of hydrogen-bond acceptors (Lipinski definition) is 1. The number of anilines is 1. The molecule has 0 saturated heterocycles. The number of nitrogens with zero attached hydrogens (tertiary/aromatic N) is 1. The molecule has 0 N–H and O–H groups in total. The van der Waals surface area contributed by atoms with Gasteiger partial charge in [0.15, 0.2) is 5.82 Å². The van der Waals surface area contributed by atoms with Crippen molar-refractivity contribution < 1.29 is 9.18 Å². The number of fused-ring (bicyclic) bond motifs is 1. The van der Waals surface area contributed by atoms with E-state index >= 15 is 0 Å². The molecule has 1 heterocycles. The number of rotatable bonds is 2. The number of terminal acetylenes is 1. The van der Waals surface area contributed by atoms with Crippen molar-refractivity contribution in [2.75, 3.05) is 4.90 Å². The normalized spacial score (nSPS) is 18.7. The van der Waals surface area contributed by atoms with Gasteiger partial charge in [0.1, 0.15) is 0 Å². The molecule has 1 unspecified atom stereocenters. The Labute approximate surface area is 146 Å².